The Hall–Kier alpha value is -1.81. The molecular weight excluding hydrogens is 208 g/mol. The molecule has 0 saturated heterocycles. The number of hydrogen-bond donors (Lipinski definition) is 1. The van der Waals surface area contributed by atoms with Crippen molar-refractivity contribution in [1.29, 1.82) is 0 Å². The van der Waals surface area contributed by atoms with Crippen LogP contribution in [-0.4, -0.2) is 30.9 Å². The van der Waals surface area contributed by atoms with Crippen LogP contribution in [0.15, 0.2) is 30.8 Å². The van der Waals surface area contributed by atoms with E-state index in [0.717, 1.165) is 5.56 Å². The van der Waals surface area contributed by atoms with Crippen LogP contribution in [0.1, 0.15) is 5.56 Å². The molecule has 0 atom stereocenters. The van der Waals surface area contributed by atoms with Crippen molar-refractivity contribution in [3.8, 4) is 5.75 Å². The van der Waals surface area contributed by atoms with E-state index in [9.17, 15) is 4.79 Å². The maximum absolute atomic E-state index is 11.0. The Kier molecular flexibility index (Phi) is 5.08. The lowest BCUT2D eigenvalue weighted by Gasteiger charge is -2.06. The Morgan fingerprint density at radius 1 is 1.38 bits per heavy atom. The van der Waals surface area contributed by atoms with Crippen molar-refractivity contribution >= 4 is 12.0 Å². The summed E-state index contributed by atoms with van der Waals surface area (Å²) in [6.45, 7) is 3.29. The van der Waals surface area contributed by atoms with Gasteiger partial charge in [-0.2, -0.15) is 0 Å². The number of hydrogen-bond acceptors (Lipinski definition) is 4. The first-order valence-electron chi connectivity index (χ1n) is 4.88. The Morgan fingerprint density at radius 3 is 2.62 bits per heavy atom. The fourth-order valence-electron chi connectivity index (χ4n) is 1.04. The highest BCUT2D eigenvalue weighted by atomic mass is 16.6. The van der Waals surface area contributed by atoms with Gasteiger partial charge in [-0.1, -0.05) is 24.8 Å². The van der Waals surface area contributed by atoms with Crippen molar-refractivity contribution in [2.45, 2.75) is 0 Å². The lowest BCUT2D eigenvalue weighted by molar-refractivity contribution is -0.146. The van der Waals surface area contributed by atoms with Crippen LogP contribution in [0.3, 0.4) is 0 Å². The molecule has 0 aliphatic rings. The SMILES string of the molecule is C=Cc1ccc(OCC(=O)OCCO)cc1. The number of ether oxygens (including phenoxy) is 2. The van der Waals surface area contributed by atoms with Crippen LogP contribution in [0.2, 0.25) is 0 Å². The second kappa shape index (κ2) is 6.63. The third kappa shape index (κ3) is 4.14. The van der Waals surface area contributed by atoms with Crippen LogP contribution >= 0.6 is 0 Å². The standard InChI is InChI=1S/C12H14O4/c1-2-10-3-5-11(6-4-10)16-9-12(14)15-8-7-13/h2-6,13H,1,7-9H2. The van der Waals surface area contributed by atoms with Gasteiger partial charge in [0.05, 0.1) is 6.61 Å². The number of aliphatic hydroxyl groups is 1. The van der Waals surface area contributed by atoms with Gasteiger partial charge >= 0.3 is 5.97 Å². The molecule has 4 heteroatoms. The average Bonchev–Trinajstić information content (AvgIpc) is 2.34. The van der Waals surface area contributed by atoms with E-state index in [0.29, 0.717) is 5.75 Å². The molecule has 0 aliphatic carbocycles. The largest absolute Gasteiger partial charge is 0.482 e. The molecule has 0 bridgehead atoms. The number of rotatable bonds is 6. The molecule has 0 spiro atoms. The molecule has 0 saturated carbocycles. The zero-order chi connectivity index (χ0) is 11.8. The van der Waals surface area contributed by atoms with Gasteiger partial charge in [0, 0.05) is 0 Å². The van der Waals surface area contributed by atoms with Crippen molar-refractivity contribution < 1.29 is 19.4 Å². The van der Waals surface area contributed by atoms with E-state index in [1.54, 1.807) is 18.2 Å². The van der Waals surface area contributed by atoms with Crippen LogP contribution in [0.25, 0.3) is 6.08 Å². The Balaban J connectivity index is 2.36. The molecule has 0 heterocycles. The molecule has 0 aromatic heterocycles. The van der Waals surface area contributed by atoms with Gasteiger partial charge in [-0.15, -0.1) is 0 Å². The summed E-state index contributed by atoms with van der Waals surface area (Å²) in [6, 6.07) is 7.16. The summed E-state index contributed by atoms with van der Waals surface area (Å²) in [5.41, 5.74) is 0.982. The summed E-state index contributed by atoms with van der Waals surface area (Å²) in [7, 11) is 0. The van der Waals surface area contributed by atoms with Crippen LogP contribution in [0.4, 0.5) is 0 Å². The van der Waals surface area contributed by atoms with E-state index < -0.39 is 5.97 Å². The van der Waals surface area contributed by atoms with E-state index in [1.807, 2.05) is 12.1 Å². The second-order valence-corrected chi connectivity index (χ2v) is 3.01. The van der Waals surface area contributed by atoms with Gasteiger partial charge in [-0.3, -0.25) is 0 Å². The molecule has 1 rings (SSSR count). The van der Waals surface area contributed by atoms with Crippen molar-refractivity contribution in [2.75, 3.05) is 19.8 Å². The number of aliphatic hydroxyl groups excluding tert-OH is 1. The third-order valence-corrected chi connectivity index (χ3v) is 1.83. The molecule has 0 amide bonds. The van der Waals surface area contributed by atoms with Crippen molar-refractivity contribution in [2.24, 2.45) is 0 Å². The summed E-state index contributed by atoms with van der Waals surface area (Å²) in [5.74, 6) is 0.0911. The van der Waals surface area contributed by atoms with E-state index in [4.69, 9.17) is 9.84 Å². The fraction of sp³-hybridized carbons (Fsp3) is 0.250. The summed E-state index contributed by atoms with van der Waals surface area (Å²) in [6.07, 6.45) is 1.72. The van der Waals surface area contributed by atoms with Crippen molar-refractivity contribution in [3.63, 3.8) is 0 Å². The first kappa shape index (κ1) is 12.3. The Morgan fingerprint density at radius 2 is 2.06 bits per heavy atom. The average molecular weight is 222 g/mol. The minimum atomic E-state index is -0.498. The van der Waals surface area contributed by atoms with Gasteiger partial charge in [-0.25, -0.2) is 4.79 Å². The zero-order valence-electron chi connectivity index (χ0n) is 8.89. The van der Waals surface area contributed by atoms with Crippen LogP contribution < -0.4 is 4.74 Å². The highest BCUT2D eigenvalue weighted by Crippen LogP contribution is 2.12. The zero-order valence-corrected chi connectivity index (χ0v) is 8.89. The molecule has 4 nitrogen and oxygen atoms in total. The van der Waals surface area contributed by atoms with Crippen molar-refractivity contribution in [1.82, 2.24) is 0 Å². The monoisotopic (exact) mass is 222 g/mol. The lowest BCUT2D eigenvalue weighted by atomic mass is 10.2. The van der Waals surface area contributed by atoms with Crippen LogP contribution in [-0.2, 0) is 9.53 Å². The lowest BCUT2D eigenvalue weighted by Crippen LogP contribution is -2.16. The van der Waals surface area contributed by atoms with E-state index in [2.05, 4.69) is 11.3 Å². The van der Waals surface area contributed by atoms with Gasteiger partial charge in [0.2, 0.25) is 0 Å². The maximum atomic E-state index is 11.0. The first-order chi connectivity index (χ1) is 7.76. The molecule has 0 aliphatic heterocycles. The molecule has 0 fully saturated rings. The first-order valence-corrected chi connectivity index (χ1v) is 4.88. The molecule has 1 aromatic carbocycles. The molecule has 1 aromatic rings. The van der Waals surface area contributed by atoms with Gasteiger partial charge < -0.3 is 14.6 Å². The Bertz CT molecular complexity index is 343. The third-order valence-electron chi connectivity index (χ3n) is 1.83. The molecule has 1 N–H and O–H groups in total. The quantitative estimate of drug-likeness (QED) is 0.736. The highest BCUT2D eigenvalue weighted by Gasteiger charge is 2.03. The van der Waals surface area contributed by atoms with Gasteiger partial charge in [0.1, 0.15) is 12.4 Å². The minimum Gasteiger partial charge on any atom is -0.482 e. The molecule has 86 valence electrons. The number of carbonyl (C=O) groups excluding carboxylic acids is 1. The summed E-state index contributed by atoms with van der Waals surface area (Å²) < 4.78 is 9.80. The fourth-order valence-corrected chi connectivity index (χ4v) is 1.04. The van der Waals surface area contributed by atoms with E-state index in [1.165, 1.54) is 0 Å². The topological polar surface area (TPSA) is 55.8 Å². The molecular formula is C12H14O4. The predicted molar refractivity (Wildman–Crippen MR) is 60.1 cm³/mol. The number of esters is 1. The maximum Gasteiger partial charge on any atom is 0.344 e. The normalized spacial score (nSPS) is 9.56. The summed E-state index contributed by atoms with van der Waals surface area (Å²) in [4.78, 5) is 11.0. The van der Waals surface area contributed by atoms with E-state index in [-0.39, 0.29) is 19.8 Å². The summed E-state index contributed by atoms with van der Waals surface area (Å²) in [5, 5.41) is 8.43. The predicted octanol–water partition coefficient (Wildman–Crippen LogP) is 1.24. The highest BCUT2D eigenvalue weighted by molar-refractivity contribution is 5.71. The van der Waals surface area contributed by atoms with Crippen LogP contribution in [0, 0.1) is 0 Å². The van der Waals surface area contributed by atoms with Gasteiger partial charge in [0.25, 0.3) is 0 Å². The molecule has 0 unspecified atom stereocenters. The van der Waals surface area contributed by atoms with Crippen molar-refractivity contribution in [3.05, 3.63) is 36.4 Å². The molecule has 0 radical (unpaired) electrons. The molecule has 16 heavy (non-hydrogen) atoms. The second-order valence-electron chi connectivity index (χ2n) is 3.01. The minimum absolute atomic E-state index is 0.00239. The summed E-state index contributed by atoms with van der Waals surface area (Å²) >= 11 is 0. The Labute approximate surface area is 94.1 Å². The van der Waals surface area contributed by atoms with Crippen LogP contribution in [0.5, 0.6) is 5.75 Å². The van der Waals surface area contributed by atoms with Gasteiger partial charge in [0.15, 0.2) is 6.61 Å². The van der Waals surface area contributed by atoms with Gasteiger partial charge in [-0.05, 0) is 17.7 Å². The number of benzene rings is 1. The number of carbonyl (C=O) groups is 1. The van der Waals surface area contributed by atoms with E-state index >= 15 is 0 Å². The smallest absolute Gasteiger partial charge is 0.344 e.